The van der Waals surface area contributed by atoms with E-state index in [1.807, 2.05) is 36.4 Å². The Morgan fingerprint density at radius 1 is 1.11 bits per heavy atom. The van der Waals surface area contributed by atoms with E-state index in [0.717, 1.165) is 22.1 Å². The summed E-state index contributed by atoms with van der Waals surface area (Å²) >= 11 is 5.83. The fourth-order valence-electron chi connectivity index (χ4n) is 1.62. The number of rotatable bonds is 3. The van der Waals surface area contributed by atoms with Crippen LogP contribution in [0.4, 0.5) is 5.82 Å². The summed E-state index contributed by atoms with van der Waals surface area (Å²) in [5, 5.41) is 16.0. The van der Waals surface area contributed by atoms with Crippen LogP contribution < -0.4 is 5.32 Å². The van der Waals surface area contributed by atoms with Gasteiger partial charge < -0.3 is 5.32 Å². The summed E-state index contributed by atoms with van der Waals surface area (Å²) in [5.41, 5.74) is 1.87. The van der Waals surface area contributed by atoms with Crippen LogP contribution in [0.3, 0.4) is 0 Å². The summed E-state index contributed by atoms with van der Waals surface area (Å²) in [6, 6.07) is 11.4. The molecule has 0 unspecified atom stereocenters. The molecule has 0 saturated heterocycles. The molecule has 1 N–H and O–H groups in total. The van der Waals surface area contributed by atoms with Gasteiger partial charge in [0.05, 0.1) is 0 Å². The van der Waals surface area contributed by atoms with Crippen molar-refractivity contribution in [1.29, 1.82) is 0 Å². The Hall–Kier alpha value is -2.14. The summed E-state index contributed by atoms with van der Waals surface area (Å²) < 4.78 is 1.63. The van der Waals surface area contributed by atoms with Gasteiger partial charge in [-0.15, -0.1) is 15.3 Å². The van der Waals surface area contributed by atoms with Crippen molar-refractivity contribution in [3.8, 4) is 0 Å². The Balaban J connectivity index is 1.74. The SMILES string of the molecule is Clc1ccc(CNc2ccc3nncn3n2)cc1. The first-order valence-corrected chi connectivity index (χ1v) is 5.84. The van der Waals surface area contributed by atoms with Gasteiger partial charge in [0.1, 0.15) is 12.1 Å². The highest BCUT2D eigenvalue weighted by Gasteiger charge is 1.99. The summed E-state index contributed by atoms with van der Waals surface area (Å²) in [4.78, 5) is 0. The van der Waals surface area contributed by atoms with Gasteiger partial charge in [-0.1, -0.05) is 23.7 Å². The zero-order valence-corrected chi connectivity index (χ0v) is 10.2. The van der Waals surface area contributed by atoms with E-state index in [1.165, 1.54) is 0 Å². The topological polar surface area (TPSA) is 55.1 Å². The maximum Gasteiger partial charge on any atom is 0.177 e. The number of aromatic nitrogens is 4. The molecule has 1 aromatic carbocycles. The summed E-state index contributed by atoms with van der Waals surface area (Å²) in [5.74, 6) is 0.775. The lowest BCUT2D eigenvalue weighted by Gasteiger charge is -2.05. The molecule has 0 fully saturated rings. The normalized spacial score (nSPS) is 10.7. The van der Waals surface area contributed by atoms with E-state index in [1.54, 1.807) is 10.8 Å². The third kappa shape index (κ3) is 2.26. The number of halogens is 1. The molecular formula is C12H10ClN5. The summed E-state index contributed by atoms with van der Waals surface area (Å²) in [7, 11) is 0. The van der Waals surface area contributed by atoms with Gasteiger partial charge in [0.15, 0.2) is 5.65 Å². The standard InChI is InChI=1S/C12H10ClN5/c13-10-3-1-9(2-4-10)7-14-11-5-6-12-16-15-8-18(12)17-11/h1-6,8H,7H2,(H,14,17). The van der Waals surface area contributed by atoms with E-state index >= 15 is 0 Å². The first-order valence-electron chi connectivity index (χ1n) is 5.47. The fourth-order valence-corrected chi connectivity index (χ4v) is 1.74. The smallest absolute Gasteiger partial charge is 0.177 e. The van der Waals surface area contributed by atoms with Crippen molar-refractivity contribution in [2.45, 2.75) is 6.54 Å². The van der Waals surface area contributed by atoms with Gasteiger partial charge in [0.2, 0.25) is 0 Å². The van der Waals surface area contributed by atoms with Crippen LogP contribution >= 0.6 is 11.6 Å². The van der Waals surface area contributed by atoms with E-state index in [9.17, 15) is 0 Å². The van der Waals surface area contributed by atoms with Crippen LogP contribution in [0.1, 0.15) is 5.56 Å². The minimum Gasteiger partial charge on any atom is -0.365 e. The number of hydrogen-bond donors (Lipinski definition) is 1. The Kier molecular flexibility index (Phi) is 2.82. The van der Waals surface area contributed by atoms with Crippen molar-refractivity contribution in [3.05, 3.63) is 53.3 Å². The van der Waals surface area contributed by atoms with Crippen LogP contribution in [0.2, 0.25) is 5.02 Å². The van der Waals surface area contributed by atoms with E-state index in [0.29, 0.717) is 6.54 Å². The van der Waals surface area contributed by atoms with Crippen molar-refractivity contribution in [3.63, 3.8) is 0 Å². The maximum atomic E-state index is 5.83. The molecule has 3 aromatic rings. The third-order valence-corrected chi connectivity index (χ3v) is 2.80. The number of nitrogens with zero attached hydrogens (tertiary/aromatic N) is 4. The zero-order valence-electron chi connectivity index (χ0n) is 9.42. The van der Waals surface area contributed by atoms with Crippen molar-refractivity contribution in [2.24, 2.45) is 0 Å². The van der Waals surface area contributed by atoms with E-state index < -0.39 is 0 Å². The molecular weight excluding hydrogens is 250 g/mol. The quantitative estimate of drug-likeness (QED) is 0.785. The minimum absolute atomic E-state index is 0.692. The monoisotopic (exact) mass is 259 g/mol. The van der Waals surface area contributed by atoms with Crippen LogP contribution in [0, 0.1) is 0 Å². The molecule has 90 valence electrons. The number of fused-ring (bicyclic) bond motifs is 1. The van der Waals surface area contributed by atoms with Gasteiger partial charge in [-0.2, -0.15) is 4.52 Å². The molecule has 0 radical (unpaired) electrons. The molecule has 0 amide bonds. The second-order valence-electron chi connectivity index (χ2n) is 3.83. The number of anilines is 1. The molecule has 0 aliphatic carbocycles. The highest BCUT2D eigenvalue weighted by Crippen LogP contribution is 2.11. The lowest BCUT2D eigenvalue weighted by atomic mass is 10.2. The van der Waals surface area contributed by atoms with Gasteiger partial charge in [-0.25, -0.2) is 0 Å². The van der Waals surface area contributed by atoms with Crippen LogP contribution in [0.15, 0.2) is 42.7 Å². The zero-order chi connectivity index (χ0) is 12.4. The highest BCUT2D eigenvalue weighted by molar-refractivity contribution is 6.30. The van der Waals surface area contributed by atoms with E-state index in [-0.39, 0.29) is 0 Å². The van der Waals surface area contributed by atoms with E-state index in [4.69, 9.17) is 11.6 Å². The van der Waals surface area contributed by atoms with Crippen molar-refractivity contribution < 1.29 is 0 Å². The first kappa shape index (κ1) is 11.0. The Morgan fingerprint density at radius 3 is 2.78 bits per heavy atom. The van der Waals surface area contributed by atoms with E-state index in [2.05, 4.69) is 20.6 Å². The highest BCUT2D eigenvalue weighted by atomic mass is 35.5. The summed E-state index contributed by atoms with van der Waals surface area (Å²) in [6.45, 7) is 0.692. The molecule has 0 saturated carbocycles. The summed E-state index contributed by atoms with van der Waals surface area (Å²) in [6.07, 6.45) is 1.57. The Labute approximate surface area is 108 Å². The largest absolute Gasteiger partial charge is 0.365 e. The number of benzene rings is 1. The second kappa shape index (κ2) is 4.62. The Bertz CT molecular complexity index is 662. The molecule has 0 spiro atoms. The lowest BCUT2D eigenvalue weighted by Crippen LogP contribution is -2.03. The van der Waals surface area contributed by atoms with Crippen molar-refractivity contribution >= 4 is 23.1 Å². The molecule has 0 atom stereocenters. The van der Waals surface area contributed by atoms with Gasteiger partial charge in [0.25, 0.3) is 0 Å². The molecule has 5 nitrogen and oxygen atoms in total. The lowest BCUT2D eigenvalue weighted by molar-refractivity contribution is 0.917. The predicted molar refractivity (Wildman–Crippen MR) is 69.6 cm³/mol. The average molecular weight is 260 g/mol. The molecule has 0 aliphatic rings. The molecule has 2 heterocycles. The molecule has 3 rings (SSSR count). The Morgan fingerprint density at radius 2 is 1.94 bits per heavy atom. The molecule has 0 aliphatic heterocycles. The fraction of sp³-hybridized carbons (Fsp3) is 0.0833. The molecule has 2 aromatic heterocycles. The second-order valence-corrected chi connectivity index (χ2v) is 4.27. The number of nitrogens with one attached hydrogen (secondary N) is 1. The van der Waals surface area contributed by atoms with Crippen LogP contribution in [0.25, 0.3) is 5.65 Å². The number of hydrogen-bond acceptors (Lipinski definition) is 4. The third-order valence-electron chi connectivity index (χ3n) is 2.55. The maximum absolute atomic E-state index is 5.83. The van der Waals surface area contributed by atoms with Gasteiger partial charge in [-0.3, -0.25) is 0 Å². The average Bonchev–Trinajstić information content (AvgIpc) is 2.85. The van der Waals surface area contributed by atoms with Crippen LogP contribution in [-0.2, 0) is 6.54 Å². The first-order chi connectivity index (χ1) is 8.81. The van der Waals surface area contributed by atoms with Crippen LogP contribution in [-0.4, -0.2) is 19.8 Å². The van der Waals surface area contributed by atoms with Crippen LogP contribution in [0.5, 0.6) is 0 Å². The predicted octanol–water partition coefficient (Wildman–Crippen LogP) is 2.39. The molecule has 0 bridgehead atoms. The minimum atomic E-state index is 0.692. The molecule has 18 heavy (non-hydrogen) atoms. The van der Waals surface area contributed by atoms with Gasteiger partial charge in [-0.05, 0) is 29.8 Å². The van der Waals surface area contributed by atoms with Crippen molar-refractivity contribution in [2.75, 3.05) is 5.32 Å². The molecule has 6 heteroatoms. The van der Waals surface area contributed by atoms with Gasteiger partial charge in [0, 0.05) is 11.6 Å². The van der Waals surface area contributed by atoms with Crippen molar-refractivity contribution in [1.82, 2.24) is 19.8 Å². The van der Waals surface area contributed by atoms with Gasteiger partial charge >= 0.3 is 0 Å².